The van der Waals surface area contributed by atoms with Crippen LogP contribution in [-0.4, -0.2) is 67.0 Å². The molecule has 0 aromatic rings. The Morgan fingerprint density at radius 2 is 2.00 bits per heavy atom. The number of amides is 1. The molecule has 1 fully saturated rings. The van der Waals surface area contributed by atoms with Crippen LogP contribution in [0.3, 0.4) is 0 Å². The van der Waals surface area contributed by atoms with Gasteiger partial charge in [-0.3, -0.25) is 9.69 Å². The van der Waals surface area contributed by atoms with Gasteiger partial charge in [-0.05, 0) is 25.0 Å². The largest absolute Gasteiger partial charge is 0.340 e. The zero-order valence-electron chi connectivity index (χ0n) is 10.2. The number of nitrogens with zero attached hydrogens (tertiary/aromatic N) is 2. The fourth-order valence-corrected chi connectivity index (χ4v) is 2.35. The predicted molar refractivity (Wildman–Crippen MR) is 69.7 cm³/mol. The third kappa shape index (κ3) is 4.72. The average molecular weight is 245 g/mol. The van der Waals surface area contributed by atoms with Crippen LogP contribution in [0.4, 0.5) is 0 Å². The molecule has 1 aliphatic rings. The van der Waals surface area contributed by atoms with Crippen molar-refractivity contribution in [2.75, 3.05) is 51.3 Å². The molecule has 0 aliphatic carbocycles. The van der Waals surface area contributed by atoms with Crippen molar-refractivity contribution in [3.63, 3.8) is 0 Å². The van der Waals surface area contributed by atoms with Crippen molar-refractivity contribution in [3.8, 4) is 0 Å². The number of piperazine rings is 1. The third-order valence-corrected chi connectivity index (χ3v) is 3.60. The molecule has 0 bridgehead atoms. The van der Waals surface area contributed by atoms with E-state index in [4.69, 9.17) is 5.73 Å². The lowest BCUT2D eigenvalue weighted by Gasteiger charge is -2.34. The molecule has 1 aliphatic heterocycles. The van der Waals surface area contributed by atoms with Crippen LogP contribution < -0.4 is 5.73 Å². The van der Waals surface area contributed by atoms with Crippen LogP contribution in [0.1, 0.15) is 12.8 Å². The molecule has 0 spiro atoms. The molecule has 1 saturated heterocycles. The smallest absolute Gasteiger partial charge is 0.223 e. The third-order valence-electron chi connectivity index (χ3n) is 2.91. The Labute approximate surface area is 103 Å². The van der Waals surface area contributed by atoms with Crippen LogP contribution in [0.15, 0.2) is 0 Å². The maximum Gasteiger partial charge on any atom is 0.223 e. The molecule has 94 valence electrons. The van der Waals surface area contributed by atoms with Gasteiger partial charge in [0.15, 0.2) is 0 Å². The number of hydrogen-bond acceptors (Lipinski definition) is 4. The minimum atomic E-state index is 0.214. The highest BCUT2D eigenvalue weighted by atomic mass is 32.2. The first-order valence-electron chi connectivity index (χ1n) is 5.97. The van der Waals surface area contributed by atoms with Gasteiger partial charge in [-0.1, -0.05) is 0 Å². The maximum atomic E-state index is 11.6. The quantitative estimate of drug-likeness (QED) is 0.681. The SMILES string of the molecule is CSCCCN1CCN(C(=O)CCN)CC1. The lowest BCUT2D eigenvalue weighted by atomic mass is 10.2. The summed E-state index contributed by atoms with van der Waals surface area (Å²) < 4.78 is 0. The second kappa shape index (κ2) is 7.92. The number of carbonyl (C=O) groups excluding carboxylic acids is 1. The van der Waals surface area contributed by atoms with E-state index < -0.39 is 0 Å². The molecule has 1 amide bonds. The van der Waals surface area contributed by atoms with Crippen LogP contribution in [0.2, 0.25) is 0 Å². The van der Waals surface area contributed by atoms with Crippen molar-refractivity contribution in [3.05, 3.63) is 0 Å². The van der Waals surface area contributed by atoms with E-state index in [-0.39, 0.29) is 5.91 Å². The fraction of sp³-hybridized carbons (Fsp3) is 0.909. The molecule has 16 heavy (non-hydrogen) atoms. The zero-order chi connectivity index (χ0) is 11.8. The first-order chi connectivity index (χ1) is 7.77. The van der Waals surface area contributed by atoms with Gasteiger partial charge in [0, 0.05) is 39.1 Å². The molecule has 0 aromatic carbocycles. The summed E-state index contributed by atoms with van der Waals surface area (Å²) in [7, 11) is 0. The highest BCUT2D eigenvalue weighted by Crippen LogP contribution is 2.05. The lowest BCUT2D eigenvalue weighted by Crippen LogP contribution is -2.49. The van der Waals surface area contributed by atoms with E-state index in [2.05, 4.69) is 11.2 Å². The van der Waals surface area contributed by atoms with E-state index >= 15 is 0 Å². The molecule has 0 saturated carbocycles. The summed E-state index contributed by atoms with van der Waals surface area (Å²) in [5.74, 6) is 1.44. The van der Waals surface area contributed by atoms with Crippen molar-refractivity contribution in [1.82, 2.24) is 9.80 Å². The number of carbonyl (C=O) groups is 1. The van der Waals surface area contributed by atoms with E-state index in [0.29, 0.717) is 13.0 Å². The van der Waals surface area contributed by atoms with Crippen molar-refractivity contribution >= 4 is 17.7 Å². The van der Waals surface area contributed by atoms with Crippen LogP contribution in [-0.2, 0) is 4.79 Å². The Morgan fingerprint density at radius 3 is 2.56 bits per heavy atom. The summed E-state index contributed by atoms with van der Waals surface area (Å²) in [6.45, 7) is 5.41. The van der Waals surface area contributed by atoms with Crippen LogP contribution in [0, 0.1) is 0 Å². The van der Waals surface area contributed by atoms with Gasteiger partial charge >= 0.3 is 0 Å². The Balaban J connectivity index is 2.15. The lowest BCUT2D eigenvalue weighted by molar-refractivity contribution is -0.132. The van der Waals surface area contributed by atoms with E-state index in [9.17, 15) is 4.79 Å². The van der Waals surface area contributed by atoms with E-state index in [1.165, 1.54) is 18.7 Å². The van der Waals surface area contributed by atoms with Crippen LogP contribution in [0.25, 0.3) is 0 Å². The van der Waals surface area contributed by atoms with Crippen molar-refractivity contribution < 1.29 is 4.79 Å². The topological polar surface area (TPSA) is 49.6 Å². The molecule has 1 rings (SSSR count). The van der Waals surface area contributed by atoms with Gasteiger partial charge in [0.25, 0.3) is 0 Å². The summed E-state index contributed by atoms with van der Waals surface area (Å²) in [6, 6.07) is 0. The fourth-order valence-electron chi connectivity index (χ4n) is 1.93. The Morgan fingerprint density at radius 1 is 1.31 bits per heavy atom. The second-order valence-electron chi connectivity index (χ2n) is 4.11. The zero-order valence-corrected chi connectivity index (χ0v) is 11.0. The minimum Gasteiger partial charge on any atom is -0.340 e. The van der Waals surface area contributed by atoms with E-state index in [0.717, 1.165) is 26.2 Å². The maximum absolute atomic E-state index is 11.6. The highest BCUT2D eigenvalue weighted by Gasteiger charge is 2.19. The second-order valence-corrected chi connectivity index (χ2v) is 5.09. The summed E-state index contributed by atoms with van der Waals surface area (Å²) in [4.78, 5) is 16.0. The van der Waals surface area contributed by atoms with Crippen molar-refractivity contribution in [1.29, 1.82) is 0 Å². The van der Waals surface area contributed by atoms with Crippen LogP contribution >= 0.6 is 11.8 Å². The minimum absolute atomic E-state index is 0.214. The van der Waals surface area contributed by atoms with Crippen molar-refractivity contribution in [2.45, 2.75) is 12.8 Å². The Hall–Kier alpha value is -0.260. The average Bonchev–Trinajstić information content (AvgIpc) is 2.30. The van der Waals surface area contributed by atoms with Gasteiger partial charge in [0.2, 0.25) is 5.91 Å². The van der Waals surface area contributed by atoms with Gasteiger partial charge in [-0.2, -0.15) is 11.8 Å². The first kappa shape index (κ1) is 13.8. The van der Waals surface area contributed by atoms with Gasteiger partial charge in [0.05, 0.1) is 0 Å². The molecule has 0 aromatic heterocycles. The Kier molecular flexibility index (Phi) is 6.84. The Bertz CT molecular complexity index is 205. The molecular formula is C11H23N3OS. The van der Waals surface area contributed by atoms with Gasteiger partial charge in [0.1, 0.15) is 0 Å². The molecule has 2 N–H and O–H groups in total. The molecule has 0 radical (unpaired) electrons. The molecule has 5 heteroatoms. The van der Waals surface area contributed by atoms with Crippen molar-refractivity contribution in [2.24, 2.45) is 5.73 Å². The van der Waals surface area contributed by atoms with E-state index in [1.54, 1.807) is 0 Å². The molecule has 4 nitrogen and oxygen atoms in total. The molecule has 1 heterocycles. The van der Waals surface area contributed by atoms with Gasteiger partial charge < -0.3 is 10.6 Å². The van der Waals surface area contributed by atoms with E-state index in [1.807, 2.05) is 16.7 Å². The summed E-state index contributed by atoms with van der Waals surface area (Å²) in [5, 5.41) is 0. The number of nitrogens with two attached hydrogens (primary N) is 1. The summed E-state index contributed by atoms with van der Waals surface area (Å²) in [6.07, 6.45) is 3.88. The number of hydrogen-bond donors (Lipinski definition) is 1. The van der Waals surface area contributed by atoms with Gasteiger partial charge in [-0.25, -0.2) is 0 Å². The highest BCUT2D eigenvalue weighted by molar-refractivity contribution is 7.98. The van der Waals surface area contributed by atoms with Gasteiger partial charge in [-0.15, -0.1) is 0 Å². The van der Waals surface area contributed by atoms with Crippen LogP contribution in [0.5, 0.6) is 0 Å². The molecule has 0 atom stereocenters. The predicted octanol–water partition coefficient (Wildman–Crippen LogP) is 0.233. The standard InChI is InChI=1S/C11H23N3OS/c1-16-10-2-5-13-6-8-14(9-7-13)11(15)3-4-12/h2-10,12H2,1H3. The normalized spacial score (nSPS) is 17.8. The number of thioether (sulfide) groups is 1. The first-order valence-corrected chi connectivity index (χ1v) is 7.36. The molecular weight excluding hydrogens is 222 g/mol. The number of rotatable bonds is 6. The monoisotopic (exact) mass is 245 g/mol. The molecule has 0 unspecified atom stereocenters. The summed E-state index contributed by atoms with van der Waals surface area (Å²) in [5.41, 5.74) is 5.38. The summed E-state index contributed by atoms with van der Waals surface area (Å²) >= 11 is 1.90.